The lowest BCUT2D eigenvalue weighted by Gasteiger charge is -2.32. The SMILES string of the molecule is COc1ccc(-c2nc(CNC(=O)C3CCCN(c4ccc(-c5ccc(F)cc5)nn4)C3)cs2)cc1. The summed E-state index contributed by atoms with van der Waals surface area (Å²) in [5.74, 6) is 1.15. The highest BCUT2D eigenvalue weighted by Crippen LogP contribution is 2.26. The van der Waals surface area contributed by atoms with Gasteiger partial charge >= 0.3 is 0 Å². The molecule has 3 heterocycles. The minimum atomic E-state index is -0.284. The lowest BCUT2D eigenvalue weighted by Crippen LogP contribution is -2.43. The standard InChI is InChI=1S/C27H26FN5O2S/c1-35-23-10-6-19(7-11-23)27-30-22(17-36-27)15-29-26(34)20-3-2-14-33(16-20)25-13-12-24(31-32-25)18-4-8-21(28)9-5-18/h4-13,17,20H,2-3,14-16H2,1H3,(H,29,34). The summed E-state index contributed by atoms with van der Waals surface area (Å²) in [6, 6.07) is 17.7. The summed E-state index contributed by atoms with van der Waals surface area (Å²) >= 11 is 1.56. The molecule has 0 saturated carbocycles. The maximum atomic E-state index is 13.2. The lowest BCUT2D eigenvalue weighted by atomic mass is 9.97. The molecule has 184 valence electrons. The highest BCUT2D eigenvalue weighted by molar-refractivity contribution is 7.13. The van der Waals surface area contributed by atoms with Gasteiger partial charge in [0.05, 0.1) is 31.0 Å². The van der Waals surface area contributed by atoms with Crippen LogP contribution in [0.4, 0.5) is 10.2 Å². The van der Waals surface area contributed by atoms with Gasteiger partial charge < -0.3 is 15.0 Å². The quantitative estimate of drug-likeness (QED) is 0.385. The Kier molecular flexibility index (Phi) is 7.18. The molecule has 1 aliphatic rings. The molecule has 2 aromatic heterocycles. The largest absolute Gasteiger partial charge is 0.497 e. The number of thiazole rings is 1. The van der Waals surface area contributed by atoms with Crippen LogP contribution in [0.5, 0.6) is 5.75 Å². The number of halogens is 1. The molecule has 0 radical (unpaired) electrons. The third kappa shape index (κ3) is 5.52. The Morgan fingerprint density at radius 1 is 1.08 bits per heavy atom. The van der Waals surface area contributed by atoms with Crippen LogP contribution in [0.15, 0.2) is 66.0 Å². The van der Waals surface area contributed by atoms with Crippen LogP contribution >= 0.6 is 11.3 Å². The first-order valence-corrected chi connectivity index (χ1v) is 12.7. The van der Waals surface area contributed by atoms with E-state index in [-0.39, 0.29) is 17.6 Å². The van der Waals surface area contributed by atoms with Gasteiger partial charge in [-0.2, -0.15) is 0 Å². The Morgan fingerprint density at radius 3 is 2.58 bits per heavy atom. The van der Waals surface area contributed by atoms with Crippen LogP contribution in [0.2, 0.25) is 0 Å². The zero-order chi connectivity index (χ0) is 24.9. The van der Waals surface area contributed by atoms with Crippen molar-refractivity contribution in [3.63, 3.8) is 0 Å². The number of carbonyl (C=O) groups is 1. The average molecular weight is 504 g/mol. The van der Waals surface area contributed by atoms with Gasteiger partial charge in [0.25, 0.3) is 0 Å². The van der Waals surface area contributed by atoms with E-state index in [0.717, 1.165) is 52.8 Å². The minimum absolute atomic E-state index is 0.0228. The van der Waals surface area contributed by atoms with Crippen molar-refractivity contribution in [2.45, 2.75) is 19.4 Å². The molecule has 1 atom stereocenters. The summed E-state index contributed by atoms with van der Waals surface area (Å²) in [5, 5.41) is 14.6. The monoisotopic (exact) mass is 503 g/mol. The number of hydrogen-bond donors (Lipinski definition) is 1. The summed E-state index contributed by atoms with van der Waals surface area (Å²) < 4.78 is 18.4. The fourth-order valence-corrected chi connectivity index (χ4v) is 5.07. The fraction of sp³-hybridized carbons (Fsp3) is 0.259. The predicted molar refractivity (Wildman–Crippen MR) is 138 cm³/mol. The van der Waals surface area contributed by atoms with Crippen LogP contribution < -0.4 is 15.0 Å². The van der Waals surface area contributed by atoms with Crippen molar-refractivity contribution >= 4 is 23.1 Å². The average Bonchev–Trinajstić information content (AvgIpc) is 3.41. The first-order valence-electron chi connectivity index (χ1n) is 11.8. The second-order valence-electron chi connectivity index (χ2n) is 8.66. The Hall–Kier alpha value is -3.85. The molecule has 1 aliphatic heterocycles. The van der Waals surface area contributed by atoms with E-state index < -0.39 is 0 Å². The van der Waals surface area contributed by atoms with Crippen LogP contribution in [0.3, 0.4) is 0 Å². The van der Waals surface area contributed by atoms with E-state index >= 15 is 0 Å². The van der Waals surface area contributed by atoms with Crippen LogP contribution in [-0.2, 0) is 11.3 Å². The van der Waals surface area contributed by atoms with Crippen molar-refractivity contribution < 1.29 is 13.9 Å². The van der Waals surface area contributed by atoms with Crippen LogP contribution in [0.1, 0.15) is 18.5 Å². The molecule has 1 unspecified atom stereocenters. The Bertz CT molecular complexity index is 1310. The molecule has 9 heteroatoms. The van der Waals surface area contributed by atoms with E-state index in [9.17, 15) is 9.18 Å². The van der Waals surface area contributed by atoms with Crippen molar-refractivity contribution in [3.05, 3.63) is 77.6 Å². The molecule has 7 nitrogen and oxygen atoms in total. The van der Waals surface area contributed by atoms with Gasteiger partial charge in [-0.25, -0.2) is 9.37 Å². The lowest BCUT2D eigenvalue weighted by molar-refractivity contribution is -0.125. The molecule has 1 fully saturated rings. The number of benzene rings is 2. The van der Waals surface area contributed by atoms with Crippen LogP contribution in [0.25, 0.3) is 21.8 Å². The molecule has 1 N–H and O–H groups in total. The number of carbonyl (C=O) groups excluding carboxylic acids is 1. The van der Waals surface area contributed by atoms with Gasteiger partial charge in [-0.1, -0.05) is 0 Å². The van der Waals surface area contributed by atoms with E-state index in [1.807, 2.05) is 41.8 Å². The zero-order valence-corrected chi connectivity index (χ0v) is 20.7. The van der Waals surface area contributed by atoms with Crippen molar-refractivity contribution in [2.75, 3.05) is 25.1 Å². The Balaban J connectivity index is 1.16. The number of aromatic nitrogens is 3. The highest BCUT2D eigenvalue weighted by atomic mass is 32.1. The Morgan fingerprint density at radius 2 is 1.86 bits per heavy atom. The smallest absolute Gasteiger partial charge is 0.225 e. The third-order valence-corrected chi connectivity index (χ3v) is 7.18. The molecular formula is C27H26FN5O2S. The van der Waals surface area contributed by atoms with E-state index in [0.29, 0.717) is 18.8 Å². The molecule has 1 amide bonds. The van der Waals surface area contributed by atoms with Crippen molar-refractivity contribution in [1.82, 2.24) is 20.5 Å². The molecule has 2 aromatic carbocycles. The summed E-state index contributed by atoms with van der Waals surface area (Å²) in [7, 11) is 1.64. The van der Waals surface area contributed by atoms with Gasteiger partial charge in [-0.15, -0.1) is 21.5 Å². The van der Waals surface area contributed by atoms with Gasteiger partial charge in [0, 0.05) is 29.6 Å². The number of methoxy groups -OCH3 is 1. The predicted octanol–water partition coefficient (Wildman–Crippen LogP) is 4.95. The number of hydrogen-bond acceptors (Lipinski definition) is 7. The molecule has 36 heavy (non-hydrogen) atoms. The molecule has 0 bridgehead atoms. The van der Waals surface area contributed by atoms with Gasteiger partial charge in [-0.05, 0) is 73.5 Å². The van der Waals surface area contributed by atoms with E-state index in [1.165, 1.54) is 12.1 Å². The summed E-state index contributed by atoms with van der Waals surface area (Å²) in [6.45, 7) is 1.81. The van der Waals surface area contributed by atoms with E-state index in [1.54, 1.807) is 30.6 Å². The topological polar surface area (TPSA) is 80.2 Å². The highest BCUT2D eigenvalue weighted by Gasteiger charge is 2.26. The first kappa shape index (κ1) is 23.9. The van der Waals surface area contributed by atoms with Crippen LogP contribution in [-0.4, -0.2) is 41.3 Å². The van der Waals surface area contributed by atoms with Gasteiger partial charge in [0.2, 0.25) is 5.91 Å². The van der Waals surface area contributed by atoms with Crippen molar-refractivity contribution in [1.29, 1.82) is 0 Å². The van der Waals surface area contributed by atoms with Gasteiger partial charge in [-0.3, -0.25) is 4.79 Å². The Labute approximate surface area is 213 Å². The maximum Gasteiger partial charge on any atom is 0.225 e. The minimum Gasteiger partial charge on any atom is -0.497 e. The van der Waals surface area contributed by atoms with Gasteiger partial charge in [0.15, 0.2) is 5.82 Å². The third-order valence-electron chi connectivity index (χ3n) is 6.24. The summed E-state index contributed by atoms with van der Waals surface area (Å²) in [5.41, 5.74) is 3.35. The molecule has 4 aromatic rings. The normalized spacial score (nSPS) is 15.5. The van der Waals surface area contributed by atoms with Crippen molar-refractivity contribution in [2.24, 2.45) is 5.92 Å². The van der Waals surface area contributed by atoms with E-state index in [2.05, 4.69) is 25.4 Å². The number of nitrogens with zero attached hydrogens (tertiary/aromatic N) is 4. The summed E-state index contributed by atoms with van der Waals surface area (Å²) in [6.07, 6.45) is 1.73. The number of anilines is 1. The molecular weight excluding hydrogens is 477 g/mol. The first-order chi connectivity index (χ1) is 17.6. The number of ether oxygens (including phenoxy) is 1. The summed E-state index contributed by atoms with van der Waals surface area (Å²) in [4.78, 5) is 19.7. The molecule has 1 saturated heterocycles. The number of nitrogens with one attached hydrogen (secondary N) is 1. The second-order valence-corrected chi connectivity index (χ2v) is 9.52. The number of piperidine rings is 1. The number of amides is 1. The molecule has 5 rings (SSSR count). The number of rotatable bonds is 7. The molecule has 0 aliphatic carbocycles. The van der Waals surface area contributed by atoms with Crippen molar-refractivity contribution in [3.8, 4) is 27.6 Å². The molecule has 0 spiro atoms. The van der Waals surface area contributed by atoms with Crippen LogP contribution in [0, 0.1) is 11.7 Å². The fourth-order valence-electron chi connectivity index (χ4n) is 4.24. The second kappa shape index (κ2) is 10.8. The van der Waals surface area contributed by atoms with Gasteiger partial charge in [0.1, 0.15) is 16.6 Å². The zero-order valence-electron chi connectivity index (χ0n) is 19.9. The maximum absolute atomic E-state index is 13.2. The van der Waals surface area contributed by atoms with E-state index in [4.69, 9.17) is 4.74 Å².